The van der Waals surface area contributed by atoms with Crippen molar-refractivity contribution in [2.75, 3.05) is 68.7 Å². The second-order valence-electron chi connectivity index (χ2n) is 8.46. The fourth-order valence-corrected chi connectivity index (χ4v) is 5.32. The fraction of sp³-hybridized carbons (Fsp3) is 0.571. The highest BCUT2D eigenvalue weighted by molar-refractivity contribution is 7.13. The van der Waals surface area contributed by atoms with E-state index in [1.165, 1.54) is 0 Å². The standard InChI is InChI=1S/C21H29N9OS/c1-16-14-32-21(25-16)30-5-3-4-27(6-7-30)13-18(31)28-8-10-29(11-9-28)20-17-12-24-26(2)19(17)22-15-23-20/h12,14-15H,3-11,13H2,1-2H3. The van der Waals surface area contributed by atoms with Crippen molar-refractivity contribution in [3.05, 3.63) is 23.6 Å². The van der Waals surface area contributed by atoms with Crippen LogP contribution in [-0.4, -0.2) is 99.3 Å². The van der Waals surface area contributed by atoms with Crippen LogP contribution in [0.25, 0.3) is 11.0 Å². The van der Waals surface area contributed by atoms with Crippen molar-refractivity contribution >= 4 is 39.2 Å². The number of aromatic nitrogens is 5. The van der Waals surface area contributed by atoms with Gasteiger partial charge in [-0.1, -0.05) is 0 Å². The molecule has 0 atom stereocenters. The number of rotatable bonds is 4. The number of thiazole rings is 1. The molecule has 2 aliphatic heterocycles. The molecule has 0 saturated carbocycles. The second-order valence-corrected chi connectivity index (χ2v) is 9.30. The van der Waals surface area contributed by atoms with E-state index in [4.69, 9.17) is 0 Å². The van der Waals surface area contributed by atoms with Gasteiger partial charge in [-0.15, -0.1) is 11.3 Å². The number of piperazine rings is 1. The third-order valence-corrected chi connectivity index (χ3v) is 7.28. The molecule has 32 heavy (non-hydrogen) atoms. The number of anilines is 2. The van der Waals surface area contributed by atoms with Gasteiger partial charge in [-0.05, 0) is 13.3 Å². The largest absolute Gasteiger partial charge is 0.352 e. The molecule has 170 valence electrons. The van der Waals surface area contributed by atoms with E-state index in [2.05, 4.69) is 40.1 Å². The highest BCUT2D eigenvalue weighted by Gasteiger charge is 2.26. The number of hydrogen-bond donors (Lipinski definition) is 0. The lowest BCUT2D eigenvalue weighted by molar-refractivity contribution is -0.132. The van der Waals surface area contributed by atoms with Gasteiger partial charge in [-0.3, -0.25) is 14.4 Å². The zero-order chi connectivity index (χ0) is 22.1. The first kappa shape index (κ1) is 21.1. The maximum atomic E-state index is 13.0. The third-order valence-electron chi connectivity index (χ3n) is 6.27. The Balaban J connectivity index is 1.14. The highest BCUT2D eigenvalue weighted by atomic mass is 32.1. The Morgan fingerprint density at radius 3 is 2.62 bits per heavy atom. The monoisotopic (exact) mass is 455 g/mol. The topological polar surface area (TPSA) is 86.5 Å². The minimum absolute atomic E-state index is 0.220. The second kappa shape index (κ2) is 8.99. The fourth-order valence-electron chi connectivity index (χ4n) is 4.47. The van der Waals surface area contributed by atoms with Gasteiger partial charge in [-0.25, -0.2) is 15.0 Å². The molecule has 0 radical (unpaired) electrons. The average Bonchev–Trinajstić information content (AvgIpc) is 3.33. The molecule has 0 unspecified atom stereocenters. The van der Waals surface area contributed by atoms with Gasteiger partial charge in [0.2, 0.25) is 5.91 Å². The van der Waals surface area contributed by atoms with Crippen LogP contribution in [0, 0.1) is 6.92 Å². The third kappa shape index (κ3) is 4.26. The van der Waals surface area contributed by atoms with Crippen LogP contribution in [0.4, 0.5) is 10.9 Å². The summed E-state index contributed by atoms with van der Waals surface area (Å²) in [6, 6.07) is 0. The Bertz CT molecular complexity index is 1090. The minimum atomic E-state index is 0.220. The molecular weight excluding hydrogens is 426 g/mol. The number of carbonyl (C=O) groups excluding carboxylic acids is 1. The van der Waals surface area contributed by atoms with Gasteiger partial charge in [-0.2, -0.15) is 5.10 Å². The van der Waals surface area contributed by atoms with E-state index in [9.17, 15) is 4.79 Å². The van der Waals surface area contributed by atoms with E-state index in [1.54, 1.807) is 22.3 Å². The molecule has 0 N–H and O–H groups in total. The van der Waals surface area contributed by atoms with Gasteiger partial charge < -0.3 is 14.7 Å². The molecule has 3 aromatic rings. The predicted octanol–water partition coefficient (Wildman–Crippen LogP) is 0.989. The molecule has 2 saturated heterocycles. The van der Waals surface area contributed by atoms with Crippen LogP contribution >= 0.6 is 11.3 Å². The number of nitrogens with zero attached hydrogens (tertiary/aromatic N) is 9. The average molecular weight is 456 g/mol. The summed E-state index contributed by atoms with van der Waals surface area (Å²) in [6.45, 7) is 9.25. The number of carbonyl (C=O) groups is 1. The molecule has 5 heterocycles. The summed E-state index contributed by atoms with van der Waals surface area (Å²) in [4.78, 5) is 35.3. The first-order valence-electron chi connectivity index (χ1n) is 11.1. The number of aryl methyl sites for hydroxylation is 2. The highest BCUT2D eigenvalue weighted by Crippen LogP contribution is 2.24. The van der Waals surface area contributed by atoms with Crippen molar-refractivity contribution in [2.45, 2.75) is 13.3 Å². The molecule has 5 rings (SSSR count). The molecule has 0 bridgehead atoms. The van der Waals surface area contributed by atoms with Gasteiger partial charge in [0.15, 0.2) is 10.8 Å². The van der Waals surface area contributed by atoms with Crippen LogP contribution in [0.5, 0.6) is 0 Å². The summed E-state index contributed by atoms with van der Waals surface area (Å²) in [5.41, 5.74) is 1.91. The Labute approximate surface area is 191 Å². The van der Waals surface area contributed by atoms with Crippen LogP contribution in [0.1, 0.15) is 12.1 Å². The van der Waals surface area contributed by atoms with Crippen LogP contribution in [0.3, 0.4) is 0 Å². The van der Waals surface area contributed by atoms with E-state index >= 15 is 0 Å². The molecule has 3 aromatic heterocycles. The van der Waals surface area contributed by atoms with Gasteiger partial charge in [0.25, 0.3) is 0 Å². The van der Waals surface area contributed by atoms with E-state index in [-0.39, 0.29) is 5.91 Å². The molecule has 0 aliphatic carbocycles. The van der Waals surface area contributed by atoms with Crippen molar-refractivity contribution in [1.82, 2.24) is 34.5 Å². The molecular formula is C21H29N9OS. The van der Waals surface area contributed by atoms with Crippen molar-refractivity contribution in [1.29, 1.82) is 0 Å². The SMILES string of the molecule is Cc1csc(N2CCCN(CC(=O)N3CCN(c4ncnc5c4cnn5C)CC3)CC2)n1. The van der Waals surface area contributed by atoms with Crippen LogP contribution in [0.15, 0.2) is 17.9 Å². The maximum absolute atomic E-state index is 13.0. The summed E-state index contributed by atoms with van der Waals surface area (Å²) in [5, 5.41) is 8.46. The van der Waals surface area contributed by atoms with Crippen molar-refractivity contribution in [3.8, 4) is 0 Å². The van der Waals surface area contributed by atoms with Crippen molar-refractivity contribution in [3.63, 3.8) is 0 Å². The van der Waals surface area contributed by atoms with Gasteiger partial charge in [0, 0.05) is 64.8 Å². The lowest BCUT2D eigenvalue weighted by Gasteiger charge is -2.36. The van der Waals surface area contributed by atoms with Crippen LogP contribution < -0.4 is 9.80 Å². The van der Waals surface area contributed by atoms with Crippen molar-refractivity contribution in [2.24, 2.45) is 7.05 Å². The maximum Gasteiger partial charge on any atom is 0.236 e. The molecule has 1 amide bonds. The van der Waals surface area contributed by atoms with Crippen LogP contribution in [0.2, 0.25) is 0 Å². The number of amides is 1. The van der Waals surface area contributed by atoms with Crippen LogP contribution in [-0.2, 0) is 11.8 Å². The van der Waals surface area contributed by atoms with E-state index in [0.29, 0.717) is 19.6 Å². The Morgan fingerprint density at radius 2 is 1.84 bits per heavy atom. The number of fused-ring (bicyclic) bond motifs is 1. The van der Waals surface area contributed by atoms with Gasteiger partial charge in [0.05, 0.1) is 23.8 Å². The summed E-state index contributed by atoms with van der Waals surface area (Å²) >= 11 is 1.71. The molecule has 0 aromatic carbocycles. The number of hydrogen-bond acceptors (Lipinski definition) is 9. The van der Waals surface area contributed by atoms with Crippen molar-refractivity contribution < 1.29 is 4.79 Å². The van der Waals surface area contributed by atoms with E-state index in [1.807, 2.05) is 25.1 Å². The normalized spacial score (nSPS) is 18.4. The molecule has 11 heteroatoms. The first-order valence-corrected chi connectivity index (χ1v) is 12.0. The Morgan fingerprint density at radius 1 is 1.03 bits per heavy atom. The Hall–Kier alpha value is -2.79. The molecule has 10 nitrogen and oxygen atoms in total. The minimum Gasteiger partial charge on any atom is -0.352 e. The van der Waals surface area contributed by atoms with E-state index in [0.717, 1.165) is 73.4 Å². The molecule has 0 spiro atoms. The zero-order valence-electron chi connectivity index (χ0n) is 18.6. The summed E-state index contributed by atoms with van der Waals surface area (Å²) in [6.07, 6.45) is 4.46. The van der Waals surface area contributed by atoms with E-state index < -0.39 is 0 Å². The lowest BCUT2D eigenvalue weighted by atomic mass is 10.2. The van der Waals surface area contributed by atoms with Gasteiger partial charge in [0.1, 0.15) is 12.1 Å². The first-order chi connectivity index (χ1) is 15.6. The zero-order valence-corrected chi connectivity index (χ0v) is 19.5. The smallest absolute Gasteiger partial charge is 0.236 e. The lowest BCUT2D eigenvalue weighted by Crippen LogP contribution is -2.51. The molecule has 2 fully saturated rings. The summed E-state index contributed by atoms with van der Waals surface area (Å²) in [7, 11) is 1.88. The Kier molecular flexibility index (Phi) is 5.92. The van der Waals surface area contributed by atoms with Gasteiger partial charge >= 0.3 is 0 Å². The quantitative estimate of drug-likeness (QED) is 0.576. The summed E-state index contributed by atoms with van der Waals surface area (Å²) in [5.74, 6) is 1.12. The molecule has 2 aliphatic rings. The summed E-state index contributed by atoms with van der Waals surface area (Å²) < 4.78 is 1.76. The predicted molar refractivity (Wildman–Crippen MR) is 125 cm³/mol.